The number of hydrogen-bond donors (Lipinski definition) is 1. The Morgan fingerprint density at radius 1 is 1.19 bits per heavy atom. The van der Waals surface area contributed by atoms with Crippen molar-refractivity contribution in [3.8, 4) is 0 Å². The highest BCUT2D eigenvalue weighted by Gasteiger charge is 2.49. The van der Waals surface area contributed by atoms with Crippen LogP contribution in [0.1, 0.15) is 0 Å². The maximum Gasteiger partial charge on any atom is 0.516 e. The average molecular weight is 254 g/mol. The van der Waals surface area contributed by atoms with Crippen molar-refractivity contribution >= 4 is 21.4 Å². The smallest absolute Gasteiger partial charge is 0.399 e. The minimum Gasteiger partial charge on any atom is -0.399 e. The van der Waals surface area contributed by atoms with Gasteiger partial charge in [-0.1, -0.05) is 0 Å². The molecule has 1 aromatic carbocycles. The molecule has 0 saturated carbocycles. The van der Waals surface area contributed by atoms with Gasteiger partial charge >= 0.3 is 15.5 Å². The van der Waals surface area contributed by atoms with E-state index in [-0.39, 0.29) is 9.99 Å². The Balaban J connectivity index is 3.13. The quantitative estimate of drug-likeness (QED) is 0.814. The highest BCUT2D eigenvalue weighted by atomic mass is 32.2. The standard InChI is InChI=1S/C8H9F3N2O2S/c1-13(16(14,15)8(9,10)11)7-4-2-6(12)3-5-7/h2-5H,12H2,1H3. The van der Waals surface area contributed by atoms with Gasteiger partial charge in [-0.15, -0.1) is 0 Å². The number of anilines is 2. The van der Waals surface area contributed by atoms with E-state index in [9.17, 15) is 21.6 Å². The lowest BCUT2D eigenvalue weighted by molar-refractivity contribution is -0.0437. The number of nitrogens with zero attached hydrogens (tertiary/aromatic N) is 1. The lowest BCUT2D eigenvalue weighted by Gasteiger charge is -2.20. The molecule has 16 heavy (non-hydrogen) atoms. The van der Waals surface area contributed by atoms with E-state index < -0.39 is 15.5 Å². The molecular formula is C8H9F3N2O2S. The van der Waals surface area contributed by atoms with Crippen molar-refractivity contribution < 1.29 is 21.6 Å². The number of halogens is 3. The van der Waals surface area contributed by atoms with Gasteiger partial charge in [0.15, 0.2) is 0 Å². The van der Waals surface area contributed by atoms with Crippen molar-refractivity contribution in [2.45, 2.75) is 5.51 Å². The van der Waals surface area contributed by atoms with E-state index in [4.69, 9.17) is 5.73 Å². The van der Waals surface area contributed by atoms with E-state index in [0.29, 0.717) is 5.69 Å². The molecule has 0 aliphatic heterocycles. The largest absolute Gasteiger partial charge is 0.516 e. The number of hydrogen-bond acceptors (Lipinski definition) is 3. The van der Waals surface area contributed by atoms with Gasteiger partial charge < -0.3 is 5.73 Å². The molecule has 0 bridgehead atoms. The molecule has 1 aromatic rings. The molecule has 1 rings (SSSR count). The molecule has 0 aliphatic carbocycles. The van der Waals surface area contributed by atoms with Gasteiger partial charge in [0.05, 0.1) is 5.69 Å². The zero-order valence-electron chi connectivity index (χ0n) is 8.19. The molecule has 0 fully saturated rings. The van der Waals surface area contributed by atoms with Gasteiger partial charge in [0, 0.05) is 12.7 Å². The van der Waals surface area contributed by atoms with Crippen LogP contribution in [0.25, 0.3) is 0 Å². The summed E-state index contributed by atoms with van der Waals surface area (Å²) in [7, 11) is -4.52. The van der Waals surface area contributed by atoms with E-state index in [0.717, 1.165) is 7.05 Å². The number of benzene rings is 1. The first kappa shape index (κ1) is 12.6. The Hall–Kier alpha value is -1.44. The summed E-state index contributed by atoms with van der Waals surface area (Å²) in [5.74, 6) is 0. The molecule has 0 unspecified atom stereocenters. The fourth-order valence-corrected chi connectivity index (χ4v) is 1.69. The molecule has 0 saturated heterocycles. The van der Waals surface area contributed by atoms with Crippen LogP contribution in [0, 0.1) is 0 Å². The van der Waals surface area contributed by atoms with Crippen LogP contribution in [0.2, 0.25) is 0 Å². The van der Waals surface area contributed by atoms with Crippen LogP contribution in [0.3, 0.4) is 0 Å². The molecule has 8 heteroatoms. The molecule has 0 heterocycles. The summed E-state index contributed by atoms with van der Waals surface area (Å²) >= 11 is 0. The molecule has 0 amide bonds. The summed E-state index contributed by atoms with van der Waals surface area (Å²) in [6.45, 7) is 0. The summed E-state index contributed by atoms with van der Waals surface area (Å²) in [6.07, 6.45) is 0. The minimum atomic E-state index is -5.35. The van der Waals surface area contributed by atoms with Crippen molar-refractivity contribution in [2.75, 3.05) is 17.1 Å². The minimum absolute atomic E-state index is 0.105. The lowest BCUT2D eigenvalue weighted by atomic mass is 10.3. The maximum absolute atomic E-state index is 12.2. The van der Waals surface area contributed by atoms with Crippen molar-refractivity contribution in [3.63, 3.8) is 0 Å². The number of nitrogen functional groups attached to an aromatic ring is 1. The topological polar surface area (TPSA) is 63.4 Å². The third-order valence-corrected chi connectivity index (χ3v) is 3.43. The van der Waals surface area contributed by atoms with Crippen LogP contribution in [0.5, 0.6) is 0 Å². The first-order chi connectivity index (χ1) is 7.16. The number of rotatable bonds is 2. The van der Waals surface area contributed by atoms with Gasteiger partial charge in [-0.3, -0.25) is 4.31 Å². The van der Waals surface area contributed by atoms with Gasteiger partial charge in [-0.05, 0) is 24.3 Å². The van der Waals surface area contributed by atoms with Crippen molar-refractivity contribution in [1.29, 1.82) is 0 Å². The molecule has 4 nitrogen and oxygen atoms in total. The molecule has 2 N–H and O–H groups in total. The molecular weight excluding hydrogens is 245 g/mol. The first-order valence-corrected chi connectivity index (χ1v) is 5.51. The van der Waals surface area contributed by atoms with Crippen LogP contribution in [0.15, 0.2) is 24.3 Å². The highest BCUT2D eigenvalue weighted by Crippen LogP contribution is 2.29. The zero-order chi connectivity index (χ0) is 12.6. The summed E-state index contributed by atoms with van der Waals surface area (Å²) < 4.78 is 58.8. The highest BCUT2D eigenvalue weighted by molar-refractivity contribution is 7.93. The number of nitrogens with two attached hydrogens (primary N) is 1. The Labute approximate surface area is 90.5 Å². The van der Waals surface area contributed by atoms with Gasteiger partial charge in [-0.25, -0.2) is 0 Å². The van der Waals surface area contributed by atoms with E-state index in [1.807, 2.05) is 0 Å². The molecule has 0 aliphatic rings. The molecule has 90 valence electrons. The number of sulfonamides is 1. The van der Waals surface area contributed by atoms with Crippen molar-refractivity contribution in [1.82, 2.24) is 0 Å². The fraction of sp³-hybridized carbons (Fsp3) is 0.250. The van der Waals surface area contributed by atoms with E-state index >= 15 is 0 Å². The van der Waals surface area contributed by atoms with Gasteiger partial charge in [0.2, 0.25) is 0 Å². The normalized spacial score (nSPS) is 12.5. The summed E-state index contributed by atoms with van der Waals surface area (Å²) in [5, 5.41) is 0. The average Bonchev–Trinajstić information content (AvgIpc) is 2.16. The van der Waals surface area contributed by atoms with Gasteiger partial charge in [0.1, 0.15) is 0 Å². The first-order valence-electron chi connectivity index (χ1n) is 4.07. The lowest BCUT2D eigenvalue weighted by Crippen LogP contribution is -2.38. The predicted molar refractivity (Wildman–Crippen MR) is 54.2 cm³/mol. The van der Waals surface area contributed by atoms with Crippen LogP contribution >= 0.6 is 0 Å². The van der Waals surface area contributed by atoms with Gasteiger partial charge in [-0.2, -0.15) is 21.6 Å². The molecule has 0 radical (unpaired) electrons. The van der Waals surface area contributed by atoms with Crippen LogP contribution in [0.4, 0.5) is 24.5 Å². The Morgan fingerprint density at radius 3 is 2.00 bits per heavy atom. The maximum atomic E-state index is 12.2. The van der Waals surface area contributed by atoms with Crippen molar-refractivity contribution in [3.05, 3.63) is 24.3 Å². The Bertz CT molecular complexity index is 467. The molecule has 0 atom stereocenters. The third-order valence-electron chi connectivity index (χ3n) is 1.91. The molecule has 0 aromatic heterocycles. The molecule has 0 spiro atoms. The fourth-order valence-electron chi connectivity index (χ4n) is 0.978. The van der Waals surface area contributed by atoms with E-state index in [1.165, 1.54) is 24.3 Å². The van der Waals surface area contributed by atoms with Crippen LogP contribution in [-0.2, 0) is 10.0 Å². The second-order valence-corrected chi connectivity index (χ2v) is 4.97. The van der Waals surface area contributed by atoms with E-state index in [1.54, 1.807) is 0 Å². The number of alkyl halides is 3. The summed E-state index contributed by atoms with van der Waals surface area (Å²) in [5.41, 5.74) is 0.245. The van der Waals surface area contributed by atoms with Crippen LogP contribution in [-0.4, -0.2) is 21.0 Å². The SMILES string of the molecule is CN(c1ccc(N)cc1)S(=O)(=O)C(F)(F)F. The summed E-state index contributed by atoms with van der Waals surface area (Å²) in [6, 6.07) is 5.02. The van der Waals surface area contributed by atoms with Crippen molar-refractivity contribution in [2.24, 2.45) is 0 Å². The second kappa shape index (κ2) is 3.85. The summed E-state index contributed by atoms with van der Waals surface area (Å²) in [4.78, 5) is 0. The zero-order valence-corrected chi connectivity index (χ0v) is 9.01. The van der Waals surface area contributed by atoms with Crippen LogP contribution < -0.4 is 10.0 Å². The third kappa shape index (κ3) is 2.21. The predicted octanol–water partition coefficient (Wildman–Crippen LogP) is 1.55. The Kier molecular flexibility index (Phi) is 3.04. The van der Waals surface area contributed by atoms with Gasteiger partial charge in [0.25, 0.3) is 0 Å². The second-order valence-electron chi connectivity index (χ2n) is 3.01. The monoisotopic (exact) mass is 254 g/mol. The van der Waals surface area contributed by atoms with E-state index in [2.05, 4.69) is 0 Å². The Morgan fingerprint density at radius 2 is 1.62 bits per heavy atom.